The molecular weight excluding hydrogens is 918 g/mol. The summed E-state index contributed by atoms with van der Waals surface area (Å²) >= 11 is 0. The summed E-state index contributed by atoms with van der Waals surface area (Å²) in [5, 5.41) is 4.61. The first-order valence-corrected chi connectivity index (χ1v) is 19.6. The van der Waals surface area contributed by atoms with Crippen molar-refractivity contribution in [2.75, 3.05) is 0 Å². The van der Waals surface area contributed by atoms with E-state index in [-0.39, 0.29) is 33.9 Å². The van der Waals surface area contributed by atoms with Crippen LogP contribution in [0.15, 0.2) is 170 Å². The molecule has 0 aliphatic rings. The van der Waals surface area contributed by atoms with Gasteiger partial charge in [-0.15, -0.1) is 24.3 Å². The second-order valence-electron chi connectivity index (χ2n) is 15.7. The van der Waals surface area contributed by atoms with Crippen LogP contribution in [0.2, 0.25) is 0 Å². The van der Waals surface area contributed by atoms with E-state index in [1.807, 2.05) is 59.3 Å². The Morgan fingerprint density at radius 3 is 1.98 bits per heavy atom. The number of aromatic nitrogens is 5. The Morgan fingerprint density at radius 1 is 0.583 bits per heavy atom. The van der Waals surface area contributed by atoms with Gasteiger partial charge in [-0.05, 0) is 70.6 Å². The summed E-state index contributed by atoms with van der Waals surface area (Å²) in [7, 11) is 0. The van der Waals surface area contributed by atoms with Crippen LogP contribution in [0, 0.1) is 25.9 Å². The molecule has 0 fully saturated rings. The van der Waals surface area contributed by atoms with Crippen LogP contribution in [0.1, 0.15) is 26.3 Å². The van der Waals surface area contributed by atoms with Crippen molar-refractivity contribution in [2.45, 2.75) is 26.2 Å². The smallest absolute Gasteiger partial charge is 0.510 e. The van der Waals surface area contributed by atoms with E-state index in [4.69, 9.17) is 9.72 Å². The molecule has 0 saturated heterocycles. The minimum Gasteiger partial charge on any atom is -0.510 e. The standard InChI is InChI=1S/C52H37N5O.CH3.Pt/c1-52(2,3)35-29-30-53-50(31-35)57-48-26-14-25-47(56-43-21-9-7-19-40(43)41-20-8-10-22-44(41)56)51(48)42-28-27-39(33-49(42)57)58-38-18-13-17-37(32-38)55-34-54(36-15-5-4-6-16-36)45-23-11-12-24-46(45)55;;/h4-31H,1-3H3;1H3;/q-2;-1;+4. The SMILES string of the molecule is CC(C)(C)c1ccnc(-n2c3[c-]c(Oc4[c-]c(-n5[c-][n+](-c6ccccc6)c6ccccc65)ccc4)ccc3c3c(-n4c5ccccc5c5ccccc54)cccc32)c1.[CH3-].[Pt+4]. The number of hydrogen-bond acceptors (Lipinski definition) is 2. The van der Waals surface area contributed by atoms with Crippen LogP contribution in [0.4, 0.5) is 0 Å². The number of para-hydroxylation sites is 5. The van der Waals surface area contributed by atoms with Crippen molar-refractivity contribution < 1.29 is 30.4 Å². The largest absolute Gasteiger partial charge is 4.00 e. The second-order valence-corrected chi connectivity index (χ2v) is 15.7. The predicted octanol–water partition coefficient (Wildman–Crippen LogP) is 12.4. The predicted molar refractivity (Wildman–Crippen MR) is 239 cm³/mol. The maximum atomic E-state index is 6.65. The normalized spacial score (nSPS) is 11.7. The molecule has 292 valence electrons. The van der Waals surface area contributed by atoms with Crippen molar-refractivity contribution in [3.05, 3.63) is 201 Å². The first kappa shape index (κ1) is 38.7. The summed E-state index contributed by atoms with van der Waals surface area (Å²) in [6.45, 7) is 6.70. The Bertz CT molecular complexity index is 3320. The van der Waals surface area contributed by atoms with Crippen LogP contribution in [-0.4, -0.2) is 18.7 Å². The van der Waals surface area contributed by atoms with E-state index >= 15 is 0 Å². The van der Waals surface area contributed by atoms with Gasteiger partial charge in [0.1, 0.15) is 5.82 Å². The average molecular weight is 958 g/mol. The van der Waals surface area contributed by atoms with E-state index < -0.39 is 0 Å². The zero-order chi connectivity index (χ0) is 39.0. The Kier molecular flexibility index (Phi) is 9.77. The molecule has 0 amide bonds. The second kappa shape index (κ2) is 15.1. The van der Waals surface area contributed by atoms with E-state index in [0.717, 1.165) is 66.8 Å². The summed E-state index contributed by atoms with van der Waals surface area (Å²) in [5.74, 6) is 1.98. The quantitative estimate of drug-likeness (QED) is 0.123. The van der Waals surface area contributed by atoms with Gasteiger partial charge >= 0.3 is 21.1 Å². The molecule has 0 bridgehead atoms. The van der Waals surface area contributed by atoms with Gasteiger partial charge in [-0.1, -0.05) is 117 Å². The van der Waals surface area contributed by atoms with Gasteiger partial charge in [-0.2, -0.15) is 18.2 Å². The summed E-state index contributed by atoms with van der Waals surface area (Å²) in [4.78, 5) is 4.98. The minimum absolute atomic E-state index is 0. The maximum Gasteiger partial charge on any atom is 4.00 e. The maximum absolute atomic E-state index is 6.65. The molecule has 11 aromatic rings. The number of pyridine rings is 1. The Hall–Kier alpha value is -6.75. The average Bonchev–Trinajstić information content (AvgIpc) is 3.92. The van der Waals surface area contributed by atoms with Gasteiger partial charge in [0.2, 0.25) is 0 Å². The van der Waals surface area contributed by atoms with Crippen LogP contribution in [-0.2, 0) is 26.5 Å². The van der Waals surface area contributed by atoms with Crippen LogP contribution in [0.3, 0.4) is 0 Å². The van der Waals surface area contributed by atoms with Crippen molar-refractivity contribution in [1.29, 1.82) is 0 Å². The molecule has 0 spiro atoms. The van der Waals surface area contributed by atoms with Crippen molar-refractivity contribution in [3.63, 3.8) is 0 Å². The molecule has 0 aliphatic carbocycles. The minimum atomic E-state index is -0.0632. The fraction of sp³-hybridized carbons (Fsp3) is 0.0755. The van der Waals surface area contributed by atoms with Gasteiger partial charge in [0.05, 0.1) is 27.8 Å². The monoisotopic (exact) mass is 957 g/mol. The van der Waals surface area contributed by atoms with Crippen molar-refractivity contribution in [2.24, 2.45) is 0 Å². The molecule has 0 radical (unpaired) electrons. The number of rotatable bonds is 6. The number of benzene rings is 7. The summed E-state index contributed by atoms with van der Waals surface area (Å²) in [5.41, 5.74) is 10.4. The Balaban J connectivity index is 0.00000231. The van der Waals surface area contributed by atoms with Crippen LogP contribution >= 0.6 is 0 Å². The zero-order valence-electron chi connectivity index (χ0n) is 33.6. The molecule has 7 heteroatoms. The van der Waals surface area contributed by atoms with Gasteiger partial charge in [0, 0.05) is 39.7 Å². The number of fused-ring (bicyclic) bond motifs is 7. The molecule has 11 rings (SSSR count). The molecule has 7 aromatic carbocycles. The van der Waals surface area contributed by atoms with Gasteiger partial charge in [-0.25, -0.2) is 4.98 Å². The third-order valence-corrected chi connectivity index (χ3v) is 11.1. The van der Waals surface area contributed by atoms with E-state index in [1.54, 1.807) is 0 Å². The number of ether oxygens (including phenoxy) is 1. The van der Waals surface area contributed by atoms with E-state index in [0.29, 0.717) is 11.5 Å². The van der Waals surface area contributed by atoms with Crippen molar-refractivity contribution >= 4 is 54.6 Å². The van der Waals surface area contributed by atoms with Gasteiger partial charge in [-0.3, -0.25) is 4.57 Å². The summed E-state index contributed by atoms with van der Waals surface area (Å²) < 4.78 is 15.4. The first-order valence-electron chi connectivity index (χ1n) is 19.6. The summed E-state index contributed by atoms with van der Waals surface area (Å²) in [6, 6.07) is 64.1. The number of nitrogens with zero attached hydrogens (tertiary/aromatic N) is 5. The fourth-order valence-corrected chi connectivity index (χ4v) is 8.38. The van der Waals surface area contributed by atoms with Gasteiger partial charge in [0.25, 0.3) is 6.33 Å². The molecule has 60 heavy (non-hydrogen) atoms. The number of imidazole rings is 1. The molecule has 4 aromatic heterocycles. The van der Waals surface area contributed by atoms with E-state index in [1.165, 1.54) is 16.3 Å². The molecule has 0 saturated carbocycles. The molecule has 4 heterocycles. The molecular formula is C53H40N5OPt+. The topological polar surface area (TPSA) is 40.8 Å². The zero-order valence-corrected chi connectivity index (χ0v) is 35.9. The Morgan fingerprint density at radius 2 is 1.23 bits per heavy atom. The van der Waals surface area contributed by atoms with Gasteiger partial charge in [0.15, 0.2) is 0 Å². The third kappa shape index (κ3) is 6.31. The van der Waals surface area contributed by atoms with Crippen molar-refractivity contribution in [3.8, 4) is 34.4 Å². The van der Waals surface area contributed by atoms with E-state index in [9.17, 15) is 0 Å². The van der Waals surface area contributed by atoms with Crippen LogP contribution in [0.25, 0.3) is 77.5 Å². The number of hydrogen-bond donors (Lipinski definition) is 0. The molecule has 0 unspecified atom stereocenters. The molecule has 6 nitrogen and oxygen atoms in total. The molecule has 0 aliphatic heterocycles. The Labute approximate surface area is 363 Å². The van der Waals surface area contributed by atoms with Crippen LogP contribution in [0.5, 0.6) is 11.5 Å². The first-order chi connectivity index (χ1) is 28.4. The fourth-order valence-electron chi connectivity index (χ4n) is 8.38. The third-order valence-electron chi connectivity index (χ3n) is 11.1. The summed E-state index contributed by atoms with van der Waals surface area (Å²) in [6.07, 6.45) is 5.47. The molecule has 0 atom stereocenters. The van der Waals surface area contributed by atoms with Crippen LogP contribution < -0.4 is 9.30 Å². The molecule has 0 N–H and O–H groups in total. The van der Waals surface area contributed by atoms with Crippen molar-refractivity contribution in [1.82, 2.24) is 18.7 Å². The van der Waals surface area contributed by atoms with E-state index in [2.05, 4.69) is 168 Å². The van der Waals surface area contributed by atoms with Gasteiger partial charge < -0.3 is 25.9 Å².